The molecule has 0 unspecified atom stereocenters. The normalized spacial score (nSPS) is 9.40. The van der Waals surface area contributed by atoms with E-state index in [9.17, 15) is 4.79 Å². The van der Waals surface area contributed by atoms with Gasteiger partial charge in [0.2, 0.25) is 0 Å². The average molecular weight is 220 g/mol. The van der Waals surface area contributed by atoms with Crippen molar-refractivity contribution >= 4 is 33.2 Å². The number of hydrogen-bond donors (Lipinski definition) is 0. The average Bonchev–Trinajstić information content (AvgIpc) is 2.34. The van der Waals surface area contributed by atoms with Crippen LogP contribution in [-0.4, -0.2) is 13.1 Å². The number of thiophene rings is 1. The number of carbonyl (C=O) groups excluding carboxylic acids is 1. The first-order valence-corrected chi connectivity index (χ1v) is 4.10. The van der Waals surface area contributed by atoms with Gasteiger partial charge in [-0.1, -0.05) is 0 Å². The summed E-state index contributed by atoms with van der Waals surface area (Å²) in [4.78, 5) is 10.8. The van der Waals surface area contributed by atoms with Crippen molar-refractivity contribution in [1.82, 2.24) is 0 Å². The van der Waals surface area contributed by atoms with Gasteiger partial charge in [0.15, 0.2) is 0 Å². The molecule has 0 aliphatic carbocycles. The van der Waals surface area contributed by atoms with Gasteiger partial charge in [-0.25, -0.2) is 4.79 Å². The second-order valence-electron chi connectivity index (χ2n) is 1.54. The van der Waals surface area contributed by atoms with E-state index in [1.807, 2.05) is 0 Å². The molecule has 1 radical (unpaired) electrons. The highest BCUT2D eigenvalue weighted by molar-refractivity contribution is 9.11. The minimum atomic E-state index is -0.329. The Morgan fingerprint density at radius 1 is 1.90 bits per heavy atom. The van der Waals surface area contributed by atoms with Crippen molar-refractivity contribution in [2.24, 2.45) is 0 Å². The zero-order chi connectivity index (χ0) is 7.56. The van der Waals surface area contributed by atoms with Crippen molar-refractivity contribution < 1.29 is 9.53 Å². The van der Waals surface area contributed by atoms with Gasteiger partial charge in [0.05, 0.1) is 16.5 Å². The molecule has 0 atom stereocenters. The highest BCUT2D eigenvalue weighted by atomic mass is 79.9. The van der Waals surface area contributed by atoms with Crippen molar-refractivity contribution in [3.05, 3.63) is 20.8 Å². The van der Waals surface area contributed by atoms with E-state index in [2.05, 4.69) is 26.0 Å². The van der Waals surface area contributed by atoms with Gasteiger partial charge in [0, 0.05) is 5.38 Å². The highest BCUT2D eigenvalue weighted by Crippen LogP contribution is 2.22. The molecule has 0 aromatic carbocycles. The van der Waals surface area contributed by atoms with Crippen molar-refractivity contribution in [2.45, 2.75) is 0 Å². The second kappa shape index (κ2) is 3.16. The largest absolute Gasteiger partial charge is 0.465 e. The lowest BCUT2D eigenvalue weighted by atomic mass is 10.4. The quantitative estimate of drug-likeness (QED) is 0.677. The molecule has 1 rings (SSSR count). The molecule has 4 heteroatoms. The van der Waals surface area contributed by atoms with Gasteiger partial charge in [-0.2, -0.15) is 0 Å². The lowest BCUT2D eigenvalue weighted by Crippen LogP contribution is -1.98. The summed E-state index contributed by atoms with van der Waals surface area (Å²) in [5.41, 5.74) is 0.535. The Morgan fingerprint density at radius 2 is 2.60 bits per heavy atom. The molecule has 1 aromatic heterocycles. The van der Waals surface area contributed by atoms with E-state index in [4.69, 9.17) is 0 Å². The van der Waals surface area contributed by atoms with Gasteiger partial charge in [-0.15, -0.1) is 11.3 Å². The van der Waals surface area contributed by atoms with Crippen LogP contribution in [0.1, 0.15) is 10.4 Å². The van der Waals surface area contributed by atoms with Crippen LogP contribution in [0.5, 0.6) is 0 Å². The minimum Gasteiger partial charge on any atom is -0.465 e. The van der Waals surface area contributed by atoms with Crippen LogP contribution in [-0.2, 0) is 4.74 Å². The van der Waals surface area contributed by atoms with Crippen LogP contribution in [0.15, 0.2) is 9.85 Å². The molecule has 2 nitrogen and oxygen atoms in total. The number of methoxy groups -OCH3 is 1. The maximum Gasteiger partial charge on any atom is 0.339 e. The summed E-state index contributed by atoms with van der Waals surface area (Å²) >= 11 is 4.53. The molecule has 0 N–H and O–H groups in total. The van der Waals surface area contributed by atoms with Gasteiger partial charge < -0.3 is 4.74 Å². The van der Waals surface area contributed by atoms with Gasteiger partial charge in [0.25, 0.3) is 0 Å². The van der Waals surface area contributed by atoms with E-state index >= 15 is 0 Å². The first-order chi connectivity index (χ1) is 4.75. The van der Waals surface area contributed by atoms with Crippen molar-refractivity contribution in [2.75, 3.05) is 7.11 Å². The minimum absolute atomic E-state index is 0.329. The Balaban J connectivity index is 2.93. The lowest BCUT2D eigenvalue weighted by molar-refractivity contribution is 0.0600. The predicted molar refractivity (Wildman–Crippen MR) is 42.2 cm³/mol. The van der Waals surface area contributed by atoms with Crippen LogP contribution >= 0.6 is 27.3 Å². The lowest BCUT2D eigenvalue weighted by Gasteiger charge is -1.93. The molecule has 10 heavy (non-hydrogen) atoms. The number of halogens is 1. The summed E-state index contributed by atoms with van der Waals surface area (Å²) in [7, 11) is 1.35. The molecule has 0 aliphatic heterocycles. The summed E-state index contributed by atoms with van der Waals surface area (Å²) in [5.74, 6) is -0.329. The zero-order valence-corrected chi connectivity index (χ0v) is 7.58. The van der Waals surface area contributed by atoms with Gasteiger partial charge >= 0.3 is 5.97 Å². The van der Waals surface area contributed by atoms with Crippen molar-refractivity contribution in [3.8, 4) is 0 Å². The monoisotopic (exact) mass is 219 g/mol. The third-order valence-electron chi connectivity index (χ3n) is 0.969. The van der Waals surface area contributed by atoms with Crippen LogP contribution in [0.2, 0.25) is 0 Å². The molecule has 53 valence electrons. The zero-order valence-electron chi connectivity index (χ0n) is 5.18. The fraction of sp³-hybridized carbons (Fsp3) is 0.167. The Bertz CT molecular complexity index is 244. The molecule has 0 saturated carbocycles. The maximum absolute atomic E-state index is 10.8. The van der Waals surface area contributed by atoms with E-state index in [1.54, 1.807) is 6.07 Å². The Hall–Kier alpha value is -0.350. The Labute approximate surface area is 70.9 Å². The fourth-order valence-corrected chi connectivity index (χ4v) is 1.59. The van der Waals surface area contributed by atoms with Crippen LogP contribution in [0.3, 0.4) is 0 Å². The molecule has 0 aliphatic rings. The maximum atomic E-state index is 10.8. The third kappa shape index (κ3) is 1.38. The van der Waals surface area contributed by atoms with Gasteiger partial charge in [-0.05, 0) is 22.0 Å². The molecular weight excluding hydrogens is 216 g/mol. The SMILES string of the molecule is COC(=O)c1c[c]sc1Br. The smallest absolute Gasteiger partial charge is 0.339 e. The third-order valence-corrected chi connectivity index (χ3v) is 2.52. The molecule has 0 fully saturated rings. The number of rotatable bonds is 1. The topological polar surface area (TPSA) is 26.3 Å². The molecule has 1 aromatic rings. The molecule has 0 saturated heterocycles. The van der Waals surface area contributed by atoms with Crippen LogP contribution in [0.25, 0.3) is 0 Å². The molecular formula is C6H4BrO2S. The van der Waals surface area contributed by atoms with Crippen LogP contribution in [0.4, 0.5) is 0 Å². The first kappa shape index (κ1) is 7.75. The van der Waals surface area contributed by atoms with Crippen molar-refractivity contribution in [1.29, 1.82) is 0 Å². The number of esters is 1. The summed E-state index contributed by atoms with van der Waals surface area (Å²) in [6.45, 7) is 0. The van der Waals surface area contributed by atoms with E-state index in [0.29, 0.717) is 5.56 Å². The van der Waals surface area contributed by atoms with Crippen LogP contribution in [0, 0.1) is 5.38 Å². The first-order valence-electron chi connectivity index (χ1n) is 2.49. The van der Waals surface area contributed by atoms with E-state index in [0.717, 1.165) is 3.79 Å². The summed E-state index contributed by atoms with van der Waals surface area (Å²) in [6.07, 6.45) is 0. The Morgan fingerprint density at radius 3 is 3.00 bits per heavy atom. The number of hydrogen-bond acceptors (Lipinski definition) is 3. The number of carbonyl (C=O) groups is 1. The van der Waals surface area contributed by atoms with Crippen LogP contribution < -0.4 is 0 Å². The summed E-state index contributed by atoms with van der Waals surface area (Å²) in [6, 6.07) is 1.60. The fourth-order valence-electron chi connectivity index (χ4n) is 0.501. The standard InChI is InChI=1S/C6H4BrO2S/c1-9-6(8)4-2-3-10-5(4)7/h2H,1H3. The van der Waals surface area contributed by atoms with Gasteiger partial charge in [-0.3, -0.25) is 0 Å². The molecule has 1 heterocycles. The van der Waals surface area contributed by atoms with E-state index in [1.165, 1.54) is 18.4 Å². The number of ether oxygens (including phenoxy) is 1. The van der Waals surface area contributed by atoms with Gasteiger partial charge in [0.1, 0.15) is 0 Å². The predicted octanol–water partition coefficient (Wildman–Crippen LogP) is 2.10. The van der Waals surface area contributed by atoms with E-state index in [-0.39, 0.29) is 5.97 Å². The highest BCUT2D eigenvalue weighted by Gasteiger charge is 2.09. The van der Waals surface area contributed by atoms with Crippen molar-refractivity contribution in [3.63, 3.8) is 0 Å². The Kier molecular flexibility index (Phi) is 2.45. The second-order valence-corrected chi connectivity index (χ2v) is 3.71. The molecule has 0 spiro atoms. The molecule has 0 amide bonds. The summed E-state index contributed by atoms with van der Waals surface area (Å²) < 4.78 is 5.26. The van der Waals surface area contributed by atoms with E-state index < -0.39 is 0 Å². The molecule has 0 bridgehead atoms. The summed E-state index contributed by atoms with van der Waals surface area (Å²) in [5, 5.41) is 2.81.